The molecule has 2 aromatic rings. The van der Waals surface area contributed by atoms with Crippen LogP contribution in [-0.2, 0) is 6.42 Å². The van der Waals surface area contributed by atoms with Crippen LogP contribution in [0, 0.1) is 5.82 Å². The van der Waals surface area contributed by atoms with Gasteiger partial charge in [0.25, 0.3) is 0 Å². The van der Waals surface area contributed by atoms with Crippen LogP contribution in [0.3, 0.4) is 0 Å². The Morgan fingerprint density at radius 1 is 1.40 bits per heavy atom. The fourth-order valence-corrected chi connectivity index (χ4v) is 2.24. The molecular weight excluding hydrogens is 277 g/mol. The molecule has 0 saturated heterocycles. The molecule has 0 fully saturated rings. The summed E-state index contributed by atoms with van der Waals surface area (Å²) in [6.07, 6.45) is 3.43. The summed E-state index contributed by atoms with van der Waals surface area (Å²) in [7, 11) is 0. The monoisotopic (exact) mass is 295 g/mol. The van der Waals surface area contributed by atoms with Gasteiger partial charge in [0.2, 0.25) is 0 Å². The van der Waals surface area contributed by atoms with Crippen LogP contribution in [0.4, 0.5) is 4.39 Å². The van der Waals surface area contributed by atoms with Gasteiger partial charge in [0.15, 0.2) is 0 Å². The van der Waals surface area contributed by atoms with Gasteiger partial charge < -0.3 is 5.73 Å². The van der Waals surface area contributed by atoms with Gasteiger partial charge in [0.1, 0.15) is 5.82 Å². The number of hydrogen-bond donors (Lipinski definition) is 1. The van der Waals surface area contributed by atoms with Gasteiger partial charge in [-0.3, -0.25) is 4.68 Å². The minimum atomic E-state index is -0.450. The van der Waals surface area contributed by atoms with Crippen LogP contribution < -0.4 is 5.73 Å². The summed E-state index contributed by atoms with van der Waals surface area (Å²) >= 11 is 5.78. The quantitative estimate of drug-likeness (QED) is 0.909. The number of benzene rings is 1. The first-order valence-electron chi connectivity index (χ1n) is 6.76. The molecule has 2 rings (SSSR count). The van der Waals surface area contributed by atoms with Gasteiger partial charge in [-0.1, -0.05) is 30.7 Å². The molecule has 1 aromatic carbocycles. The van der Waals surface area contributed by atoms with Crippen LogP contribution in [0.15, 0.2) is 30.5 Å². The number of nitrogens with two attached hydrogens (primary N) is 1. The lowest BCUT2D eigenvalue weighted by atomic mass is 10.0. The summed E-state index contributed by atoms with van der Waals surface area (Å²) in [5, 5.41) is 4.58. The van der Waals surface area contributed by atoms with Crippen molar-refractivity contribution in [1.29, 1.82) is 0 Å². The minimum Gasteiger partial charge on any atom is -0.324 e. The molecule has 3 nitrogen and oxygen atoms in total. The highest BCUT2D eigenvalue weighted by Crippen LogP contribution is 2.24. The second kappa shape index (κ2) is 6.37. The molecule has 0 aliphatic heterocycles. The smallest absolute Gasteiger partial charge is 0.146 e. The Balaban J connectivity index is 2.13. The molecule has 2 N–H and O–H groups in total. The second-order valence-electron chi connectivity index (χ2n) is 5.00. The third kappa shape index (κ3) is 3.19. The Hall–Kier alpha value is -1.39. The lowest BCUT2D eigenvalue weighted by Crippen LogP contribution is -2.16. The summed E-state index contributed by atoms with van der Waals surface area (Å²) in [6, 6.07) is 6.71. The summed E-state index contributed by atoms with van der Waals surface area (Å²) in [5.74, 6) is -0.442. The minimum absolute atomic E-state index is 0.100. The first kappa shape index (κ1) is 15.0. The maximum Gasteiger partial charge on any atom is 0.146 e. The van der Waals surface area contributed by atoms with E-state index < -0.39 is 11.9 Å². The summed E-state index contributed by atoms with van der Waals surface area (Å²) < 4.78 is 15.8. The molecule has 0 amide bonds. The van der Waals surface area contributed by atoms with Gasteiger partial charge in [-0.2, -0.15) is 5.10 Å². The molecule has 2 unspecified atom stereocenters. The predicted molar refractivity (Wildman–Crippen MR) is 79.3 cm³/mol. The van der Waals surface area contributed by atoms with E-state index in [-0.39, 0.29) is 5.02 Å². The SMILES string of the molecule is CCC(C)n1ccc(CC(N)c2cccc(Cl)c2F)n1. The number of nitrogens with zero attached hydrogens (tertiary/aromatic N) is 2. The van der Waals surface area contributed by atoms with Crippen LogP contribution >= 0.6 is 11.6 Å². The van der Waals surface area contributed by atoms with Crippen molar-refractivity contribution in [1.82, 2.24) is 9.78 Å². The van der Waals surface area contributed by atoms with Gasteiger partial charge >= 0.3 is 0 Å². The Morgan fingerprint density at radius 3 is 2.85 bits per heavy atom. The van der Waals surface area contributed by atoms with E-state index in [0.29, 0.717) is 18.0 Å². The average Bonchev–Trinajstić information content (AvgIpc) is 2.89. The van der Waals surface area contributed by atoms with Crippen LogP contribution in [-0.4, -0.2) is 9.78 Å². The Bertz CT molecular complexity index is 582. The van der Waals surface area contributed by atoms with Crippen molar-refractivity contribution in [2.45, 2.75) is 38.8 Å². The van der Waals surface area contributed by atoms with Gasteiger partial charge in [-0.05, 0) is 25.5 Å². The zero-order valence-electron chi connectivity index (χ0n) is 11.7. The maximum absolute atomic E-state index is 13.9. The van der Waals surface area contributed by atoms with Crippen LogP contribution in [0.5, 0.6) is 0 Å². The van der Waals surface area contributed by atoms with E-state index in [0.717, 1.165) is 12.1 Å². The van der Waals surface area contributed by atoms with Crippen molar-refractivity contribution in [3.63, 3.8) is 0 Å². The lowest BCUT2D eigenvalue weighted by Gasteiger charge is -2.13. The molecule has 0 saturated carbocycles. The van der Waals surface area contributed by atoms with Crippen molar-refractivity contribution in [2.75, 3.05) is 0 Å². The van der Waals surface area contributed by atoms with Crippen molar-refractivity contribution in [3.05, 3.63) is 52.6 Å². The van der Waals surface area contributed by atoms with E-state index in [4.69, 9.17) is 17.3 Å². The van der Waals surface area contributed by atoms with Crippen molar-refractivity contribution in [3.8, 4) is 0 Å². The lowest BCUT2D eigenvalue weighted by molar-refractivity contribution is 0.471. The molecule has 0 aliphatic carbocycles. The molecule has 20 heavy (non-hydrogen) atoms. The fourth-order valence-electron chi connectivity index (χ4n) is 2.06. The van der Waals surface area contributed by atoms with E-state index in [9.17, 15) is 4.39 Å². The molecule has 0 spiro atoms. The second-order valence-corrected chi connectivity index (χ2v) is 5.41. The van der Waals surface area contributed by atoms with Crippen LogP contribution in [0.1, 0.15) is 43.6 Å². The van der Waals surface area contributed by atoms with Gasteiger partial charge in [0, 0.05) is 30.3 Å². The topological polar surface area (TPSA) is 43.8 Å². The standard InChI is InChI=1S/C15H19ClFN3/c1-3-10(2)20-8-7-11(19-20)9-14(18)12-5-4-6-13(16)15(12)17/h4-8,10,14H,3,9,18H2,1-2H3. The third-order valence-electron chi connectivity index (χ3n) is 3.52. The maximum atomic E-state index is 13.9. The number of halogens is 2. The molecule has 1 heterocycles. The van der Waals surface area contributed by atoms with E-state index in [1.165, 1.54) is 6.07 Å². The van der Waals surface area contributed by atoms with Crippen molar-refractivity contribution < 1.29 is 4.39 Å². The van der Waals surface area contributed by atoms with Gasteiger partial charge in [-0.25, -0.2) is 4.39 Å². The Labute approximate surface area is 123 Å². The summed E-state index contributed by atoms with van der Waals surface area (Å²) in [4.78, 5) is 0. The predicted octanol–water partition coefficient (Wildman–Crippen LogP) is 3.89. The molecule has 0 radical (unpaired) electrons. The number of hydrogen-bond acceptors (Lipinski definition) is 2. The molecule has 0 bridgehead atoms. The first-order chi connectivity index (χ1) is 9.52. The van der Waals surface area contributed by atoms with Gasteiger partial charge in [0.05, 0.1) is 10.7 Å². The normalized spacial score (nSPS) is 14.2. The molecular formula is C15H19ClFN3. The Kier molecular flexibility index (Phi) is 4.78. The number of aromatic nitrogens is 2. The fraction of sp³-hybridized carbons (Fsp3) is 0.400. The summed E-state index contributed by atoms with van der Waals surface area (Å²) in [6.45, 7) is 4.21. The Morgan fingerprint density at radius 2 is 2.15 bits per heavy atom. The zero-order chi connectivity index (χ0) is 14.7. The highest BCUT2D eigenvalue weighted by atomic mass is 35.5. The van der Waals surface area contributed by atoms with E-state index >= 15 is 0 Å². The average molecular weight is 296 g/mol. The zero-order valence-corrected chi connectivity index (χ0v) is 12.4. The van der Waals surface area contributed by atoms with Crippen molar-refractivity contribution >= 4 is 11.6 Å². The highest BCUT2D eigenvalue weighted by Gasteiger charge is 2.16. The van der Waals surface area contributed by atoms with E-state index in [1.54, 1.807) is 12.1 Å². The van der Waals surface area contributed by atoms with E-state index in [1.807, 2.05) is 16.9 Å². The van der Waals surface area contributed by atoms with Crippen LogP contribution in [0.25, 0.3) is 0 Å². The third-order valence-corrected chi connectivity index (χ3v) is 3.81. The molecule has 0 aliphatic rings. The highest BCUT2D eigenvalue weighted by molar-refractivity contribution is 6.30. The molecule has 2 atom stereocenters. The number of rotatable bonds is 5. The van der Waals surface area contributed by atoms with Crippen molar-refractivity contribution in [2.24, 2.45) is 5.73 Å². The summed E-state index contributed by atoms with van der Waals surface area (Å²) in [5.41, 5.74) is 7.35. The molecule has 1 aromatic heterocycles. The molecule has 5 heteroatoms. The first-order valence-corrected chi connectivity index (χ1v) is 7.14. The van der Waals surface area contributed by atoms with Crippen LogP contribution in [0.2, 0.25) is 5.02 Å². The van der Waals surface area contributed by atoms with Gasteiger partial charge in [-0.15, -0.1) is 0 Å². The molecule has 108 valence electrons. The largest absolute Gasteiger partial charge is 0.324 e. The van der Waals surface area contributed by atoms with E-state index in [2.05, 4.69) is 18.9 Å².